The number of hydrogen-bond acceptors (Lipinski definition) is 4. The molecule has 0 saturated carbocycles. The van der Waals surface area contributed by atoms with E-state index in [0.29, 0.717) is 5.76 Å². The molecule has 118 valence electrons. The van der Waals surface area contributed by atoms with Crippen molar-refractivity contribution in [3.63, 3.8) is 0 Å². The maximum Gasteiger partial charge on any atom is 0.225 e. The molecule has 2 aromatic rings. The maximum atomic E-state index is 12.3. The minimum absolute atomic E-state index is 0.0149. The van der Waals surface area contributed by atoms with E-state index in [0.717, 1.165) is 29.0 Å². The van der Waals surface area contributed by atoms with E-state index >= 15 is 0 Å². The van der Waals surface area contributed by atoms with Gasteiger partial charge in [0.1, 0.15) is 11.5 Å². The van der Waals surface area contributed by atoms with Crippen molar-refractivity contribution in [1.29, 1.82) is 0 Å². The summed E-state index contributed by atoms with van der Waals surface area (Å²) in [5.74, 6) is 1.47. The highest BCUT2D eigenvalue weighted by molar-refractivity contribution is 5.79. The average Bonchev–Trinajstić information content (AvgIpc) is 2.84. The van der Waals surface area contributed by atoms with Gasteiger partial charge in [-0.25, -0.2) is 0 Å². The smallest absolute Gasteiger partial charge is 0.225 e. The summed E-state index contributed by atoms with van der Waals surface area (Å²) in [6.07, 6.45) is 1.10. The van der Waals surface area contributed by atoms with Crippen LogP contribution in [0.1, 0.15) is 42.0 Å². The maximum absolute atomic E-state index is 12.3. The normalized spacial score (nSPS) is 12.0. The quantitative estimate of drug-likeness (QED) is 0.890. The van der Waals surface area contributed by atoms with E-state index in [2.05, 4.69) is 10.5 Å². The molecule has 1 aromatic carbocycles. The zero-order valence-electron chi connectivity index (χ0n) is 13.5. The number of aromatic nitrogens is 1. The van der Waals surface area contributed by atoms with E-state index in [1.54, 1.807) is 7.11 Å². The number of ether oxygens (including phenoxy) is 1. The molecule has 0 spiro atoms. The number of aryl methyl sites for hydroxylation is 2. The van der Waals surface area contributed by atoms with Crippen LogP contribution in [0.2, 0.25) is 0 Å². The lowest BCUT2D eigenvalue weighted by Crippen LogP contribution is -2.29. The number of amides is 1. The van der Waals surface area contributed by atoms with Crippen LogP contribution < -0.4 is 10.1 Å². The van der Waals surface area contributed by atoms with Crippen molar-refractivity contribution in [1.82, 2.24) is 10.5 Å². The van der Waals surface area contributed by atoms with E-state index in [1.807, 2.05) is 45.0 Å². The van der Waals surface area contributed by atoms with E-state index in [-0.39, 0.29) is 18.4 Å². The predicted molar refractivity (Wildman–Crippen MR) is 83.8 cm³/mol. The number of carbonyl (C=O) groups is 1. The zero-order valence-corrected chi connectivity index (χ0v) is 13.5. The van der Waals surface area contributed by atoms with E-state index in [1.165, 1.54) is 0 Å². The third-order valence-electron chi connectivity index (χ3n) is 3.78. The lowest BCUT2D eigenvalue weighted by molar-refractivity contribution is -0.121. The monoisotopic (exact) mass is 302 g/mol. The Bertz CT molecular complexity index is 612. The molecule has 2 rings (SSSR count). The van der Waals surface area contributed by atoms with Crippen LogP contribution in [0.25, 0.3) is 0 Å². The molecule has 0 fully saturated rings. The van der Waals surface area contributed by atoms with Gasteiger partial charge in [0.05, 0.1) is 25.3 Å². The Morgan fingerprint density at radius 2 is 2.00 bits per heavy atom. The lowest BCUT2D eigenvalue weighted by Gasteiger charge is -2.18. The Morgan fingerprint density at radius 1 is 1.32 bits per heavy atom. The standard InChI is InChI=1S/C17H22N2O3/c1-5-16(13-6-8-14(21-4)9-7-13)18-17(20)10-15-11(2)19-22-12(15)3/h6-9,16H,5,10H2,1-4H3,(H,18,20). The topological polar surface area (TPSA) is 64.4 Å². The molecule has 0 saturated heterocycles. The molecule has 1 aromatic heterocycles. The van der Waals surface area contributed by atoms with Gasteiger partial charge in [0, 0.05) is 5.56 Å². The molecule has 5 nitrogen and oxygen atoms in total. The summed E-state index contributed by atoms with van der Waals surface area (Å²) in [6, 6.07) is 7.74. The Morgan fingerprint density at radius 3 is 2.50 bits per heavy atom. The minimum atomic E-state index is -0.0305. The summed E-state index contributed by atoms with van der Waals surface area (Å²) in [5.41, 5.74) is 2.70. The Hall–Kier alpha value is -2.30. The predicted octanol–water partition coefficient (Wildman–Crippen LogP) is 3.11. The molecule has 0 aliphatic carbocycles. The van der Waals surface area contributed by atoms with Gasteiger partial charge >= 0.3 is 0 Å². The number of hydrogen-bond donors (Lipinski definition) is 1. The Kier molecular flexibility index (Phi) is 5.20. The van der Waals surface area contributed by atoms with E-state index < -0.39 is 0 Å². The molecule has 1 atom stereocenters. The van der Waals surface area contributed by atoms with Crippen LogP contribution in [0, 0.1) is 13.8 Å². The zero-order chi connectivity index (χ0) is 16.1. The van der Waals surface area contributed by atoms with Gasteiger partial charge in [-0.1, -0.05) is 24.2 Å². The van der Waals surface area contributed by atoms with Crippen LogP contribution in [0.15, 0.2) is 28.8 Å². The van der Waals surface area contributed by atoms with Crippen LogP contribution in [0.5, 0.6) is 5.75 Å². The average molecular weight is 302 g/mol. The molecular weight excluding hydrogens is 280 g/mol. The van der Waals surface area contributed by atoms with Gasteiger partial charge in [-0.2, -0.15) is 0 Å². The molecular formula is C17H22N2O3. The number of methoxy groups -OCH3 is 1. The lowest BCUT2D eigenvalue weighted by atomic mass is 10.0. The molecule has 0 radical (unpaired) electrons. The van der Waals surface area contributed by atoms with Crippen LogP contribution in [-0.2, 0) is 11.2 Å². The summed E-state index contributed by atoms with van der Waals surface area (Å²) < 4.78 is 10.2. The fourth-order valence-electron chi connectivity index (χ4n) is 2.42. The fraction of sp³-hybridized carbons (Fsp3) is 0.412. The summed E-state index contributed by atoms with van der Waals surface area (Å²) in [5, 5.41) is 6.94. The Balaban J connectivity index is 2.04. The number of carbonyl (C=O) groups excluding carboxylic acids is 1. The molecule has 1 amide bonds. The SMILES string of the molecule is CCC(NC(=O)Cc1c(C)noc1C)c1ccc(OC)cc1. The second-order valence-corrected chi connectivity index (χ2v) is 5.28. The van der Waals surface area contributed by atoms with Gasteiger partial charge in [-0.05, 0) is 38.0 Å². The van der Waals surface area contributed by atoms with Crippen molar-refractivity contribution >= 4 is 5.91 Å². The first-order valence-corrected chi connectivity index (χ1v) is 7.40. The van der Waals surface area contributed by atoms with E-state index in [9.17, 15) is 4.79 Å². The van der Waals surface area contributed by atoms with Gasteiger partial charge < -0.3 is 14.6 Å². The Labute approximate surface area is 130 Å². The van der Waals surface area contributed by atoms with Gasteiger partial charge in [0.2, 0.25) is 5.91 Å². The second kappa shape index (κ2) is 7.11. The summed E-state index contributed by atoms with van der Waals surface area (Å²) in [6.45, 7) is 5.72. The van der Waals surface area contributed by atoms with Crippen LogP contribution in [0.4, 0.5) is 0 Å². The van der Waals surface area contributed by atoms with Crippen molar-refractivity contribution in [2.24, 2.45) is 0 Å². The van der Waals surface area contributed by atoms with Gasteiger partial charge in [-0.3, -0.25) is 4.79 Å². The molecule has 22 heavy (non-hydrogen) atoms. The molecule has 1 N–H and O–H groups in total. The number of nitrogens with one attached hydrogen (secondary N) is 1. The molecule has 5 heteroatoms. The van der Waals surface area contributed by atoms with Crippen molar-refractivity contribution in [2.75, 3.05) is 7.11 Å². The highest BCUT2D eigenvalue weighted by atomic mass is 16.5. The number of benzene rings is 1. The minimum Gasteiger partial charge on any atom is -0.497 e. The highest BCUT2D eigenvalue weighted by Crippen LogP contribution is 2.20. The summed E-state index contributed by atoms with van der Waals surface area (Å²) in [4.78, 5) is 12.3. The second-order valence-electron chi connectivity index (χ2n) is 5.28. The first-order chi connectivity index (χ1) is 10.5. The van der Waals surface area contributed by atoms with Crippen molar-refractivity contribution < 1.29 is 14.1 Å². The number of rotatable bonds is 6. The van der Waals surface area contributed by atoms with Gasteiger partial charge in [0.15, 0.2) is 0 Å². The molecule has 1 unspecified atom stereocenters. The van der Waals surface area contributed by atoms with Crippen molar-refractivity contribution in [2.45, 2.75) is 39.7 Å². The fourth-order valence-corrected chi connectivity index (χ4v) is 2.42. The van der Waals surface area contributed by atoms with Gasteiger partial charge in [0.25, 0.3) is 0 Å². The molecule has 0 aliphatic rings. The van der Waals surface area contributed by atoms with Crippen molar-refractivity contribution in [3.05, 3.63) is 46.8 Å². The van der Waals surface area contributed by atoms with E-state index in [4.69, 9.17) is 9.26 Å². The molecule has 1 heterocycles. The first-order valence-electron chi connectivity index (χ1n) is 7.40. The summed E-state index contributed by atoms with van der Waals surface area (Å²) >= 11 is 0. The third kappa shape index (κ3) is 3.67. The molecule has 0 bridgehead atoms. The third-order valence-corrected chi connectivity index (χ3v) is 3.78. The van der Waals surface area contributed by atoms with Crippen molar-refractivity contribution in [3.8, 4) is 5.75 Å². The van der Waals surface area contributed by atoms with Crippen LogP contribution in [0.3, 0.4) is 0 Å². The van der Waals surface area contributed by atoms with Crippen LogP contribution >= 0.6 is 0 Å². The largest absolute Gasteiger partial charge is 0.497 e. The summed E-state index contributed by atoms with van der Waals surface area (Å²) in [7, 11) is 1.64. The molecule has 0 aliphatic heterocycles. The highest BCUT2D eigenvalue weighted by Gasteiger charge is 2.17. The van der Waals surface area contributed by atoms with Crippen LogP contribution in [-0.4, -0.2) is 18.2 Å². The first kappa shape index (κ1) is 16.1. The number of nitrogens with zero attached hydrogens (tertiary/aromatic N) is 1. The van der Waals surface area contributed by atoms with Gasteiger partial charge in [-0.15, -0.1) is 0 Å².